The first kappa shape index (κ1) is 11.3. The topological polar surface area (TPSA) is 41.6 Å². The summed E-state index contributed by atoms with van der Waals surface area (Å²) >= 11 is 1.61. The normalized spacial score (nSPS) is 17.8. The zero-order valence-corrected chi connectivity index (χ0v) is 9.70. The van der Waals surface area contributed by atoms with Gasteiger partial charge in [-0.15, -0.1) is 11.3 Å². The van der Waals surface area contributed by atoms with Crippen molar-refractivity contribution in [2.75, 3.05) is 26.3 Å². The number of nitrogens with one attached hydrogen (secondary N) is 1. The number of carbonyl (C=O) groups excluding carboxylic acids is 1. The SMILES string of the molecule is O=C(/C=C\c1cccs1)NN1CCOCC1. The van der Waals surface area contributed by atoms with Crippen molar-refractivity contribution in [2.45, 2.75) is 0 Å². The van der Waals surface area contributed by atoms with Crippen LogP contribution in [0, 0.1) is 0 Å². The van der Waals surface area contributed by atoms with Crippen LogP contribution in [0.5, 0.6) is 0 Å². The fourth-order valence-electron chi connectivity index (χ4n) is 1.41. The molecule has 1 aliphatic rings. The van der Waals surface area contributed by atoms with Gasteiger partial charge in [-0.1, -0.05) is 6.07 Å². The maximum atomic E-state index is 11.5. The van der Waals surface area contributed by atoms with Crippen LogP contribution in [0.2, 0.25) is 0 Å². The minimum atomic E-state index is -0.0877. The lowest BCUT2D eigenvalue weighted by Gasteiger charge is -2.26. The minimum Gasteiger partial charge on any atom is -0.379 e. The molecular formula is C11H14N2O2S. The third-order valence-corrected chi connectivity index (χ3v) is 3.06. The van der Waals surface area contributed by atoms with Crippen LogP contribution < -0.4 is 5.43 Å². The molecule has 2 rings (SSSR count). The van der Waals surface area contributed by atoms with Gasteiger partial charge in [-0.25, -0.2) is 5.01 Å². The van der Waals surface area contributed by atoms with Crippen LogP contribution in [0.4, 0.5) is 0 Å². The first-order valence-electron chi connectivity index (χ1n) is 5.19. The fourth-order valence-corrected chi connectivity index (χ4v) is 2.03. The first-order chi connectivity index (χ1) is 7.84. The number of hydrogen-bond acceptors (Lipinski definition) is 4. The molecule has 2 heterocycles. The van der Waals surface area contributed by atoms with Crippen molar-refractivity contribution in [1.29, 1.82) is 0 Å². The average molecular weight is 238 g/mol. The number of amides is 1. The van der Waals surface area contributed by atoms with Gasteiger partial charge >= 0.3 is 0 Å². The molecule has 0 aliphatic carbocycles. The van der Waals surface area contributed by atoms with Gasteiger partial charge < -0.3 is 4.74 Å². The highest BCUT2D eigenvalue weighted by Gasteiger charge is 2.10. The third-order valence-electron chi connectivity index (χ3n) is 2.22. The summed E-state index contributed by atoms with van der Waals surface area (Å²) in [6.45, 7) is 2.85. The molecule has 1 aromatic rings. The number of hydrazine groups is 1. The van der Waals surface area contributed by atoms with Crippen molar-refractivity contribution in [3.8, 4) is 0 Å². The van der Waals surface area contributed by atoms with Crippen LogP contribution in [0.15, 0.2) is 23.6 Å². The van der Waals surface area contributed by atoms with E-state index in [4.69, 9.17) is 4.74 Å². The predicted molar refractivity (Wildman–Crippen MR) is 63.9 cm³/mol. The van der Waals surface area contributed by atoms with Crippen LogP contribution in [0.3, 0.4) is 0 Å². The number of hydrogen-bond donors (Lipinski definition) is 1. The predicted octanol–water partition coefficient (Wildman–Crippen LogP) is 1.12. The van der Waals surface area contributed by atoms with E-state index in [0.29, 0.717) is 13.2 Å². The Hall–Kier alpha value is -1.17. The van der Waals surface area contributed by atoms with E-state index in [1.807, 2.05) is 28.6 Å². The van der Waals surface area contributed by atoms with E-state index in [-0.39, 0.29) is 5.91 Å². The van der Waals surface area contributed by atoms with Gasteiger partial charge in [0.15, 0.2) is 0 Å². The number of rotatable bonds is 3. The molecule has 86 valence electrons. The Morgan fingerprint density at radius 2 is 2.31 bits per heavy atom. The van der Waals surface area contributed by atoms with Crippen molar-refractivity contribution >= 4 is 23.3 Å². The molecule has 0 spiro atoms. The second-order valence-electron chi connectivity index (χ2n) is 3.42. The molecule has 0 bridgehead atoms. The molecule has 1 saturated heterocycles. The second kappa shape index (κ2) is 5.79. The molecule has 1 amide bonds. The molecule has 0 radical (unpaired) electrons. The van der Waals surface area contributed by atoms with E-state index in [9.17, 15) is 4.79 Å². The summed E-state index contributed by atoms with van der Waals surface area (Å²) in [6, 6.07) is 3.94. The highest BCUT2D eigenvalue weighted by molar-refractivity contribution is 7.10. The van der Waals surface area contributed by atoms with Gasteiger partial charge in [0.05, 0.1) is 13.2 Å². The Morgan fingerprint density at radius 3 is 3.00 bits per heavy atom. The Kier molecular flexibility index (Phi) is 4.10. The van der Waals surface area contributed by atoms with Gasteiger partial charge in [0, 0.05) is 24.0 Å². The lowest BCUT2D eigenvalue weighted by molar-refractivity contribution is -0.123. The van der Waals surface area contributed by atoms with Crippen molar-refractivity contribution in [1.82, 2.24) is 10.4 Å². The van der Waals surface area contributed by atoms with E-state index in [1.165, 1.54) is 0 Å². The molecule has 0 atom stereocenters. The second-order valence-corrected chi connectivity index (χ2v) is 4.40. The fraction of sp³-hybridized carbons (Fsp3) is 0.364. The Balaban J connectivity index is 1.79. The summed E-state index contributed by atoms with van der Waals surface area (Å²) in [5, 5.41) is 3.87. The lowest BCUT2D eigenvalue weighted by Crippen LogP contribution is -2.47. The van der Waals surface area contributed by atoms with E-state index in [2.05, 4.69) is 5.43 Å². The standard InChI is InChI=1S/C11H14N2O2S/c14-11(4-3-10-2-1-9-16-10)12-13-5-7-15-8-6-13/h1-4,9H,5-8H2,(H,12,14)/b4-3-. The van der Waals surface area contributed by atoms with Crippen molar-refractivity contribution in [2.24, 2.45) is 0 Å². The molecule has 0 aromatic carbocycles. The molecule has 0 saturated carbocycles. The smallest absolute Gasteiger partial charge is 0.258 e. The molecule has 5 heteroatoms. The van der Waals surface area contributed by atoms with Crippen LogP contribution in [-0.2, 0) is 9.53 Å². The summed E-state index contributed by atoms with van der Waals surface area (Å²) in [4.78, 5) is 12.6. The molecule has 16 heavy (non-hydrogen) atoms. The zero-order valence-electron chi connectivity index (χ0n) is 8.89. The summed E-state index contributed by atoms with van der Waals surface area (Å²) in [6.07, 6.45) is 3.38. The average Bonchev–Trinajstić information content (AvgIpc) is 2.81. The quantitative estimate of drug-likeness (QED) is 0.802. The van der Waals surface area contributed by atoms with Crippen LogP contribution in [-0.4, -0.2) is 37.2 Å². The third kappa shape index (κ3) is 3.44. The van der Waals surface area contributed by atoms with E-state index in [0.717, 1.165) is 18.0 Å². The monoisotopic (exact) mass is 238 g/mol. The summed E-state index contributed by atoms with van der Waals surface area (Å²) in [7, 11) is 0. The van der Waals surface area contributed by atoms with Crippen molar-refractivity contribution < 1.29 is 9.53 Å². The summed E-state index contributed by atoms with van der Waals surface area (Å²) in [5.41, 5.74) is 2.81. The maximum absolute atomic E-state index is 11.5. The Morgan fingerprint density at radius 1 is 1.50 bits per heavy atom. The van der Waals surface area contributed by atoms with Gasteiger partial charge in [0.2, 0.25) is 0 Å². The molecular weight excluding hydrogens is 224 g/mol. The first-order valence-corrected chi connectivity index (χ1v) is 6.07. The van der Waals surface area contributed by atoms with Gasteiger partial charge in [0.1, 0.15) is 0 Å². The number of ether oxygens (including phenoxy) is 1. The zero-order chi connectivity index (χ0) is 11.2. The van der Waals surface area contributed by atoms with Crippen molar-refractivity contribution in [3.63, 3.8) is 0 Å². The van der Waals surface area contributed by atoms with Gasteiger partial charge in [-0.2, -0.15) is 0 Å². The number of morpholine rings is 1. The molecule has 0 unspecified atom stereocenters. The van der Waals surface area contributed by atoms with Crippen LogP contribution >= 0.6 is 11.3 Å². The minimum absolute atomic E-state index is 0.0877. The van der Waals surface area contributed by atoms with E-state index < -0.39 is 0 Å². The lowest BCUT2D eigenvalue weighted by atomic mass is 10.4. The maximum Gasteiger partial charge on any atom is 0.258 e. The molecule has 1 aliphatic heterocycles. The molecule has 1 fully saturated rings. The Labute approximate surface area is 98.5 Å². The van der Waals surface area contributed by atoms with E-state index in [1.54, 1.807) is 17.4 Å². The molecule has 1 N–H and O–H groups in total. The molecule has 1 aromatic heterocycles. The van der Waals surface area contributed by atoms with E-state index >= 15 is 0 Å². The van der Waals surface area contributed by atoms with Crippen LogP contribution in [0.25, 0.3) is 6.08 Å². The number of thiophene rings is 1. The van der Waals surface area contributed by atoms with Crippen LogP contribution in [0.1, 0.15) is 4.88 Å². The molecule has 4 nitrogen and oxygen atoms in total. The largest absolute Gasteiger partial charge is 0.379 e. The Bertz CT molecular complexity index is 356. The summed E-state index contributed by atoms with van der Waals surface area (Å²) in [5.74, 6) is -0.0877. The van der Waals surface area contributed by atoms with Gasteiger partial charge in [-0.05, 0) is 17.5 Å². The van der Waals surface area contributed by atoms with Gasteiger partial charge in [0.25, 0.3) is 5.91 Å². The summed E-state index contributed by atoms with van der Waals surface area (Å²) < 4.78 is 5.19. The number of nitrogens with zero attached hydrogens (tertiary/aromatic N) is 1. The highest BCUT2D eigenvalue weighted by atomic mass is 32.1. The van der Waals surface area contributed by atoms with Gasteiger partial charge in [-0.3, -0.25) is 10.2 Å². The number of carbonyl (C=O) groups is 1. The highest BCUT2D eigenvalue weighted by Crippen LogP contribution is 2.09. The van der Waals surface area contributed by atoms with Crippen molar-refractivity contribution in [3.05, 3.63) is 28.5 Å².